The molecule has 3 atom stereocenters. The third kappa shape index (κ3) is 16.7. The van der Waals surface area contributed by atoms with Gasteiger partial charge in [-0.25, -0.2) is 13.6 Å². The lowest BCUT2D eigenvalue weighted by Crippen LogP contribution is -2.25. The summed E-state index contributed by atoms with van der Waals surface area (Å²) in [6.45, 7) is 1.54. The number of nitrogens with zero attached hydrogens (tertiary/aromatic N) is 13. The number of aliphatic hydroxyl groups is 1. The van der Waals surface area contributed by atoms with Gasteiger partial charge in [0.05, 0.1) is 38.9 Å². The van der Waals surface area contributed by atoms with Crippen molar-refractivity contribution in [1.29, 1.82) is 0 Å². The maximum Gasteiger partial charge on any atom is 0.414 e. The van der Waals surface area contributed by atoms with Crippen LogP contribution >= 0.6 is 24.8 Å². The number of aliphatic hydroxyl groups excluding tert-OH is 1. The molecule has 22 nitrogen and oxygen atoms in total. The van der Waals surface area contributed by atoms with Gasteiger partial charge in [0, 0.05) is 53.9 Å². The lowest BCUT2D eigenvalue weighted by Gasteiger charge is -2.14. The predicted molar refractivity (Wildman–Crippen MR) is 265 cm³/mol. The highest BCUT2D eigenvalue weighted by Gasteiger charge is 2.37. The van der Waals surface area contributed by atoms with Crippen molar-refractivity contribution in [3.05, 3.63) is 90.3 Å². The molecule has 26 heteroatoms. The number of carboxylic acid groups (broad SMARTS) is 1. The number of anilines is 1. The van der Waals surface area contributed by atoms with E-state index in [-0.39, 0.29) is 57.0 Å². The van der Waals surface area contributed by atoms with Gasteiger partial charge in [-0.15, -0.1) is 45.2 Å². The molecule has 0 spiro atoms. The van der Waals surface area contributed by atoms with Crippen LogP contribution in [0.25, 0.3) is 45.3 Å². The van der Waals surface area contributed by atoms with Crippen molar-refractivity contribution < 1.29 is 52.4 Å². The summed E-state index contributed by atoms with van der Waals surface area (Å²) in [5.41, 5.74) is 3.79. The van der Waals surface area contributed by atoms with Crippen molar-refractivity contribution in [2.24, 2.45) is 14.1 Å². The Bertz CT molecular complexity index is 2770. The van der Waals surface area contributed by atoms with Gasteiger partial charge in [0.2, 0.25) is 11.6 Å². The number of amides is 1. The molecule has 6 aromatic rings. The third-order valence-electron chi connectivity index (χ3n) is 10.8. The number of carbonyl (C=O) groups excluding carboxylic acids is 3. The number of tetrazole rings is 2. The van der Waals surface area contributed by atoms with Crippen LogP contribution in [-0.4, -0.2) is 168 Å². The number of carbonyl (C=O) groups is 4. The first-order chi connectivity index (χ1) is 34.0. The minimum atomic E-state index is -0.711. The lowest BCUT2D eigenvalue weighted by atomic mass is 9.93. The van der Waals surface area contributed by atoms with Crippen LogP contribution in [0, 0.1) is 11.6 Å². The SMILES string of the molecule is CN(C)CCCC(=O)O.CN(C)CCCC(=O)OC[C@H]1CC(c2ccc(-c3ccc(-c4nnn(C)n4)nc3)c(F)c2)C(=O)O1.Cl.Cl.Cn1nnc(-c2ccc(-c3ccc(N4C[C@H](CO)OC4=O)cc3F)cn2)n1. The first-order valence-corrected chi connectivity index (χ1v) is 22.4. The molecule has 8 rings (SSSR count). The second-order valence-corrected chi connectivity index (χ2v) is 17.0. The van der Waals surface area contributed by atoms with Crippen LogP contribution in [0.3, 0.4) is 0 Å². The van der Waals surface area contributed by atoms with Crippen LogP contribution in [0.1, 0.15) is 43.6 Å². The van der Waals surface area contributed by atoms with E-state index in [2.05, 4.69) is 40.8 Å². The Balaban J connectivity index is 0.000000270. The zero-order chi connectivity index (χ0) is 51.2. The van der Waals surface area contributed by atoms with E-state index in [0.717, 1.165) is 19.5 Å². The Kier molecular flexibility index (Phi) is 22.1. The second kappa shape index (κ2) is 27.6. The van der Waals surface area contributed by atoms with E-state index >= 15 is 0 Å². The molecule has 0 radical (unpaired) electrons. The smallest absolute Gasteiger partial charge is 0.414 e. The van der Waals surface area contributed by atoms with Gasteiger partial charge < -0.3 is 34.2 Å². The summed E-state index contributed by atoms with van der Waals surface area (Å²) < 4.78 is 45.2. The fraction of sp³-hybridized carbons (Fsp3) is 0.404. The number of hydrogen-bond donors (Lipinski definition) is 2. The first kappa shape index (κ1) is 58.5. The minimum Gasteiger partial charge on any atom is -0.481 e. The molecule has 2 aliphatic heterocycles. The largest absolute Gasteiger partial charge is 0.481 e. The quantitative estimate of drug-likeness (QED) is 0.0898. The van der Waals surface area contributed by atoms with Crippen LogP contribution in [0.15, 0.2) is 73.1 Å². The molecule has 0 saturated carbocycles. The average molecular weight is 1060 g/mol. The van der Waals surface area contributed by atoms with Gasteiger partial charge in [-0.1, -0.05) is 24.3 Å². The van der Waals surface area contributed by atoms with Gasteiger partial charge in [0.1, 0.15) is 41.8 Å². The van der Waals surface area contributed by atoms with E-state index in [1.807, 2.05) is 38.0 Å². The number of carboxylic acids is 1. The van der Waals surface area contributed by atoms with Crippen LogP contribution in [0.2, 0.25) is 0 Å². The van der Waals surface area contributed by atoms with Crippen LogP contribution < -0.4 is 4.90 Å². The fourth-order valence-electron chi connectivity index (χ4n) is 7.23. The van der Waals surface area contributed by atoms with Crippen molar-refractivity contribution in [2.75, 3.05) is 65.9 Å². The number of aryl methyl sites for hydroxylation is 2. The highest BCUT2D eigenvalue weighted by Crippen LogP contribution is 2.34. The summed E-state index contributed by atoms with van der Waals surface area (Å²) in [7, 11) is 11.0. The van der Waals surface area contributed by atoms with Gasteiger partial charge in [-0.2, -0.15) is 9.59 Å². The number of benzene rings is 2. The van der Waals surface area contributed by atoms with Crippen molar-refractivity contribution in [2.45, 2.75) is 50.2 Å². The summed E-state index contributed by atoms with van der Waals surface area (Å²) in [6.07, 6.45) is 3.64. The van der Waals surface area contributed by atoms with Crippen molar-refractivity contribution in [1.82, 2.24) is 60.2 Å². The molecule has 392 valence electrons. The van der Waals surface area contributed by atoms with E-state index in [0.29, 0.717) is 75.8 Å². The molecule has 2 aromatic carbocycles. The van der Waals surface area contributed by atoms with Crippen molar-refractivity contribution in [3.8, 4) is 45.3 Å². The predicted octanol–water partition coefficient (Wildman–Crippen LogP) is 5.01. The summed E-state index contributed by atoms with van der Waals surface area (Å²) in [5.74, 6) is -2.31. The number of cyclic esters (lactones) is 2. The Morgan fingerprint density at radius 1 is 0.753 bits per heavy atom. The molecular weight excluding hydrogens is 1000 g/mol. The van der Waals surface area contributed by atoms with E-state index in [4.69, 9.17) is 24.4 Å². The van der Waals surface area contributed by atoms with Crippen LogP contribution in [-0.2, 0) is 42.7 Å². The zero-order valence-electron chi connectivity index (χ0n) is 40.9. The molecule has 2 aliphatic rings. The van der Waals surface area contributed by atoms with Crippen LogP contribution in [0.5, 0.6) is 0 Å². The van der Waals surface area contributed by atoms with E-state index in [1.165, 1.54) is 39.0 Å². The molecule has 1 unspecified atom stereocenters. The Labute approximate surface area is 431 Å². The number of hydrogen-bond acceptors (Lipinski definition) is 18. The molecule has 2 N–H and O–H groups in total. The molecular formula is C47H57Cl2F2N13O9. The normalized spacial score (nSPS) is 15.8. The fourth-order valence-corrected chi connectivity index (χ4v) is 7.23. The first-order valence-electron chi connectivity index (χ1n) is 22.4. The van der Waals surface area contributed by atoms with Crippen LogP contribution in [0.4, 0.5) is 19.3 Å². The van der Waals surface area contributed by atoms with E-state index in [9.17, 15) is 28.0 Å². The Morgan fingerprint density at radius 2 is 1.30 bits per heavy atom. The number of rotatable bonds is 17. The topological polar surface area (TPSA) is 259 Å². The van der Waals surface area contributed by atoms with Gasteiger partial charge in [-0.3, -0.25) is 29.3 Å². The molecule has 0 bridgehead atoms. The zero-order valence-corrected chi connectivity index (χ0v) is 42.5. The molecule has 73 heavy (non-hydrogen) atoms. The van der Waals surface area contributed by atoms with Crippen molar-refractivity contribution in [3.63, 3.8) is 0 Å². The maximum atomic E-state index is 15.0. The highest BCUT2D eigenvalue weighted by atomic mass is 35.5. The van der Waals surface area contributed by atoms with Gasteiger partial charge in [0.15, 0.2) is 0 Å². The molecule has 2 fully saturated rings. The number of esters is 2. The highest BCUT2D eigenvalue weighted by molar-refractivity contribution is 5.90. The minimum absolute atomic E-state index is 0. The number of pyridine rings is 2. The standard InChI is InChI=1S/C24H27FN6O4.C17H15FN6O3.C6H13NO2.2ClH/c1-30(2)10-4-5-22(32)34-14-17-12-19(24(33)35-17)15-6-8-18(20(25)11-15)16-7-9-21(26-13-16)23-27-29-31(3)28-23;1-23-21-16(20-22-23)15-5-2-10(7-19-15)13-4-3-11(6-14(13)18)24-8-12(9-25)27-17(24)26;1-7(2)5-3-4-6(8)9;;/h6-9,11,13,17,19H,4-5,10,12,14H2,1-3H3;2-7,12,25H,8-9H2,1H3;3-5H2,1-2H3,(H,8,9);2*1H/t17-,19?;12-;;;/m11.../s1. The van der Waals surface area contributed by atoms with E-state index in [1.54, 1.807) is 62.6 Å². The summed E-state index contributed by atoms with van der Waals surface area (Å²) in [6, 6.07) is 15.9. The second-order valence-electron chi connectivity index (χ2n) is 17.0. The van der Waals surface area contributed by atoms with Crippen molar-refractivity contribution >= 4 is 54.5 Å². The summed E-state index contributed by atoms with van der Waals surface area (Å²) in [4.78, 5) is 62.5. The monoisotopic (exact) mass is 1060 g/mol. The lowest BCUT2D eigenvalue weighted by molar-refractivity contribution is -0.153. The Morgan fingerprint density at radius 3 is 1.75 bits per heavy atom. The number of aliphatic carboxylic acids is 1. The molecule has 6 heterocycles. The molecule has 0 aliphatic carbocycles. The van der Waals surface area contributed by atoms with Gasteiger partial charge >= 0.3 is 24.0 Å². The average Bonchev–Trinajstić information content (AvgIpc) is 4.15. The molecule has 2 saturated heterocycles. The summed E-state index contributed by atoms with van der Waals surface area (Å²) in [5, 5.41) is 40.8. The number of halogens is 4. The number of ether oxygens (including phenoxy) is 3. The molecule has 4 aromatic heterocycles. The van der Waals surface area contributed by atoms with Gasteiger partial charge in [-0.05, 0) is 107 Å². The summed E-state index contributed by atoms with van der Waals surface area (Å²) >= 11 is 0. The third-order valence-corrected chi connectivity index (χ3v) is 10.8. The number of aromatic nitrogens is 10. The Hall–Kier alpha value is -7.12. The molecule has 1 amide bonds. The maximum absolute atomic E-state index is 15.0. The van der Waals surface area contributed by atoms with Gasteiger partial charge in [0.25, 0.3) is 0 Å². The van der Waals surface area contributed by atoms with E-state index < -0.39 is 47.8 Å².